The molecule has 0 spiro atoms. The summed E-state index contributed by atoms with van der Waals surface area (Å²) in [6.45, 7) is 3.01. The molecule has 0 rings (SSSR count). The Labute approximate surface area is 152 Å². The van der Waals surface area contributed by atoms with Gasteiger partial charge >= 0.3 is 71.1 Å². The quantitative estimate of drug-likeness (QED) is 0.373. The van der Waals surface area contributed by atoms with Gasteiger partial charge in [-0.1, -0.05) is 6.58 Å². The zero-order valence-electron chi connectivity index (χ0n) is 10.4. The molecule has 0 aromatic carbocycles. The number of rotatable bonds is 5. The average Bonchev–Trinajstić information content (AvgIpc) is 2.14. The molecule has 0 aliphatic rings. The maximum absolute atomic E-state index is 9.87. The summed E-state index contributed by atoms with van der Waals surface area (Å²) in [4.78, 5) is 38.5. The molecule has 8 nitrogen and oxygen atoms in total. The van der Waals surface area contributed by atoms with Gasteiger partial charge in [-0.15, -0.1) is 0 Å². The molecular formula is C9H8Na2O8. The summed E-state index contributed by atoms with van der Waals surface area (Å²) in [6, 6.07) is 0. The van der Waals surface area contributed by atoms with Crippen LogP contribution >= 0.6 is 0 Å². The van der Waals surface area contributed by atoms with E-state index in [-0.39, 0.29) is 64.7 Å². The van der Waals surface area contributed by atoms with Crippen molar-refractivity contribution in [2.24, 2.45) is 0 Å². The van der Waals surface area contributed by atoms with E-state index < -0.39 is 30.3 Å². The fraction of sp³-hybridized carbons (Fsp3) is 0.111. The van der Waals surface area contributed by atoms with Gasteiger partial charge in [0, 0.05) is 5.57 Å². The van der Waals surface area contributed by atoms with Crippen LogP contribution in [0.5, 0.6) is 0 Å². The topological polar surface area (TPSA) is 155 Å². The molecule has 94 valence electrons. The molecule has 0 aliphatic carbocycles. The van der Waals surface area contributed by atoms with Gasteiger partial charge in [-0.3, -0.25) is 4.79 Å². The Morgan fingerprint density at radius 3 is 1.37 bits per heavy atom. The van der Waals surface area contributed by atoms with Gasteiger partial charge in [-0.2, -0.15) is 0 Å². The first-order valence-electron chi connectivity index (χ1n) is 3.89. The van der Waals surface area contributed by atoms with Crippen LogP contribution in [0.25, 0.3) is 0 Å². The standard InChI is InChI=1S/C5H6O4.C4H4O4.2Na/c1-3(5(8)9)2-4(6)7;5-3(6)1-2-4(7)8;;/h1-2H2,(H,6,7)(H,8,9);1-2H,(H,5,6)(H,7,8);;/q;;2*+1/p-2. The maximum Gasteiger partial charge on any atom is 1.00 e. The summed E-state index contributed by atoms with van der Waals surface area (Å²) >= 11 is 0. The van der Waals surface area contributed by atoms with Crippen molar-refractivity contribution >= 4 is 23.9 Å². The summed E-state index contributed by atoms with van der Waals surface area (Å²) in [5.74, 6) is -5.54. The zero-order chi connectivity index (χ0) is 14.0. The molecular weight excluding hydrogens is 282 g/mol. The summed E-state index contributed by atoms with van der Waals surface area (Å²) in [5, 5.41) is 34.9. The monoisotopic (exact) mass is 290 g/mol. The van der Waals surface area contributed by atoms with Crippen LogP contribution in [0.3, 0.4) is 0 Å². The largest absolute Gasteiger partial charge is 1.00 e. The molecule has 0 aliphatic heterocycles. The number of hydrogen-bond acceptors (Lipinski definition) is 6. The minimum atomic E-state index is -1.55. The summed E-state index contributed by atoms with van der Waals surface area (Å²) < 4.78 is 0. The number of carbonyl (C=O) groups excluding carboxylic acids is 2. The Hall–Kier alpha value is -0.640. The van der Waals surface area contributed by atoms with Crippen LogP contribution in [-0.2, 0) is 19.2 Å². The first-order chi connectivity index (χ1) is 7.66. The predicted octanol–water partition coefficient (Wildman–Crippen LogP) is -8.85. The average molecular weight is 290 g/mol. The third kappa shape index (κ3) is 26.8. The van der Waals surface area contributed by atoms with Crippen molar-refractivity contribution < 1.29 is 98.7 Å². The summed E-state index contributed by atoms with van der Waals surface area (Å²) in [5.41, 5.74) is -0.303. The van der Waals surface area contributed by atoms with Crippen LogP contribution in [0, 0.1) is 0 Å². The molecule has 0 atom stereocenters. The van der Waals surface area contributed by atoms with Gasteiger partial charge in [0.25, 0.3) is 0 Å². The third-order valence-corrected chi connectivity index (χ3v) is 1.02. The van der Waals surface area contributed by atoms with E-state index in [1.54, 1.807) is 0 Å². The van der Waals surface area contributed by atoms with Gasteiger partial charge in [-0.25, -0.2) is 4.79 Å². The molecule has 10 heteroatoms. The van der Waals surface area contributed by atoms with Gasteiger partial charge in [0.1, 0.15) is 0 Å². The second kappa shape index (κ2) is 15.4. The van der Waals surface area contributed by atoms with Crippen molar-refractivity contribution in [2.45, 2.75) is 6.42 Å². The maximum atomic E-state index is 9.87. The molecule has 19 heavy (non-hydrogen) atoms. The predicted molar refractivity (Wildman–Crippen MR) is 48.2 cm³/mol. The van der Waals surface area contributed by atoms with E-state index in [1.165, 1.54) is 0 Å². The van der Waals surface area contributed by atoms with E-state index in [2.05, 4.69) is 6.58 Å². The Morgan fingerprint density at radius 1 is 0.947 bits per heavy atom. The second-order valence-electron chi connectivity index (χ2n) is 2.45. The Kier molecular flexibility index (Phi) is 21.8. The first kappa shape index (κ1) is 26.8. The van der Waals surface area contributed by atoms with Crippen LogP contribution < -0.4 is 69.3 Å². The molecule has 0 unspecified atom stereocenters. The first-order valence-corrected chi connectivity index (χ1v) is 3.89. The normalized spacial score (nSPS) is 8.00. The number of aliphatic carboxylic acids is 4. The molecule has 0 heterocycles. The van der Waals surface area contributed by atoms with Crippen LogP contribution in [0.2, 0.25) is 0 Å². The van der Waals surface area contributed by atoms with Crippen LogP contribution in [0.1, 0.15) is 6.42 Å². The summed E-state index contributed by atoms with van der Waals surface area (Å²) in [6.07, 6.45) is 0.264. The zero-order valence-corrected chi connectivity index (χ0v) is 14.4. The molecule has 0 aromatic heterocycles. The minimum absolute atomic E-state index is 0. The minimum Gasteiger partial charge on any atom is -0.545 e. The molecule has 0 radical (unpaired) electrons. The van der Waals surface area contributed by atoms with Crippen LogP contribution in [-0.4, -0.2) is 34.1 Å². The van der Waals surface area contributed by atoms with Crippen molar-refractivity contribution in [2.75, 3.05) is 0 Å². The molecule has 0 bridgehead atoms. The molecule has 2 N–H and O–H groups in total. The smallest absolute Gasteiger partial charge is 0.545 e. The second-order valence-corrected chi connectivity index (χ2v) is 2.45. The van der Waals surface area contributed by atoms with Crippen molar-refractivity contribution in [1.82, 2.24) is 0 Å². The van der Waals surface area contributed by atoms with Crippen molar-refractivity contribution in [1.29, 1.82) is 0 Å². The molecule has 0 amide bonds. The number of hydrogen-bond donors (Lipinski definition) is 2. The van der Waals surface area contributed by atoms with Crippen molar-refractivity contribution in [3.8, 4) is 0 Å². The van der Waals surface area contributed by atoms with Crippen molar-refractivity contribution in [3.63, 3.8) is 0 Å². The molecule has 0 saturated heterocycles. The number of carboxylic acid groups (broad SMARTS) is 4. The Morgan fingerprint density at radius 2 is 1.26 bits per heavy atom. The van der Waals surface area contributed by atoms with Gasteiger partial charge in [0.05, 0.1) is 18.4 Å². The SMILES string of the molecule is C=C(CC(=O)O)C(=O)O.O=C([O-])C=CC(=O)[O-].[Na+].[Na+]. The summed E-state index contributed by atoms with van der Waals surface area (Å²) in [7, 11) is 0. The van der Waals surface area contributed by atoms with E-state index in [1.807, 2.05) is 0 Å². The van der Waals surface area contributed by atoms with E-state index >= 15 is 0 Å². The van der Waals surface area contributed by atoms with E-state index in [0.29, 0.717) is 12.2 Å². The van der Waals surface area contributed by atoms with Gasteiger partial charge < -0.3 is 30.0 Å². The Bertz CT molecular complexity index is 358. The fourth-order valence-electron chi connectivity index (χ4n) is 0.394. The van der Waals surface area contributed by atoms with Gasteiger partial charge in [-0.05, 0) is 12.2 Å². The van der Waals surface area contributed by atoms with E-state index in [4.69, 9.17) is 10.2 Å². The third-order valence-electron chi connectivity index (χ3n) is 1.02. The van der Waals surface area contributed by atoms with Gasteiger partial charge in [0.15, 0.2) is 0 Å². The van der Waals surface area contributed by atoms with E-state index in [9.17, 15) is 29.4 Å². The van der Waals surface area contributed by atoms with Crippen LogP contribution in [0.15, 0.2) is 24.3 Å². The van der Waals surface area contributed by atoms with E-state index in [0.717, 1.165) is 0 Å². The van der Waals surface area contributed by atoms with Crippen molar-refractivity contribution in [3.05, 3.63) is 24.3 Å². The Balaban J connectivity index is -0.000000108. The van der Waals surface area contributed by atoms with Crippen LogP contribution in [0.4, 0.5) is 0 Å². The molecule has 0 fully saturated rings. The fourth-order valence-corrected chi connectivity index (χ4v) is 0.394. The molecule has 0 aromatic rings. The number of carboxylic acids is 4. The number of carbonyl (C=O) groups is 4. The van der Waals surface area contributed by atoms with Gasteiger partial charge in [0.2, 0.25) is 0 Å². The molecule has 0 saturated carbocycles.